The lowest BCUT2D eigenvalue weighted by atomic mass is 10.1. The van der Waals surface area contributed by atoms with E-state index in [2.05, 4.69) is 4.74 Å². The van der Waals surface area contributed by atoms with E-state index in [0.29, 0.717) is 6.42 Å². The molecule has 4 N–H and O–H groups in total. The fraction of sp³-hybridized carbons (Fsp3) is 0.300. The molecule has 1 rings (SSSR count). The summed E-state index contributed by atoms with van der Waals surface area (Å²) >= 11 is 0. The second kappa shape index (κ2) is 7.09. The minimum absolute atomic E-state index is 0. The van der Waals surface area contributed by atoms with Crippen LogP contribution in [0.3, 0.4) is 0 Å². The quantitative estimate of drug-likeness (QED) is 0.812. The zero-order valence-electron chi connectivity index (χ0n) is 8.26. The zero-order chi connectivity index (χ0) is 10.4. The first-order valence-electron chi connectivity index (χ1n) is 4.40. The minimum atomic E-state index is -0.784. The van der Waals surface area contributed by atoms with E-state index in [-0.39, 0.29) is 25.1 Å². The predicted octanol–water partition coefficient (Wildman–Crippen LogP) is 1.07. The van der Waals surface area contributed by atoms with Crippen LogP contribution < -0.4 is 11.5 Å². The van der Waals surface area contributed by atoms with Crippen LogP contribution in [0.15, 0.2) is 30.3 Å². The van der Waals surface area contributed by atoms with Gasteiger partial charge in [0.2, 0.25) is 0 Å². The van der Waals surface area contributed by atoms with Gasteiger partial charge in [-0.1, -0.05) is 30.3 Å². The van der Waals surface area contributed by atoms with Gasteiger partial charge in [-0.05, 0) is 12.0 Å². The molecule has 0 aromatic heterocycles. The van der Waals surface area contributed by atoms with Gasteiger partial charge in [0.1, 0.15) is 6.61 Å². The van der Waals surface area contributed by atoms with E-state index in [1.165, 1.54) is 0 Å². The Hall–Kier alpha value is -1.26. The molecule has 0 heterocycles. The number of primary amides is 1. The van der Waals surface area contributed by atoms with Crippen LogP contribution in [0.5, 0.6) is 0 Å². The van der Waals surface area contributed by atoms with Crippen molar-refractivity contribution < 1.29 is 9.53 Å². The molecule has 0 bridgehead atoms. The molecule has 0 radical (unpaired) electrons. The van der Waals surface area contributed by atoms with Crippen molar-refractivity contribution in [3.8, 4) is 0 Å². The van der Waals surface area contributed by atoms with Crippen molar-refractivity contribution in [2.24, 2.45) is 11.5 Å². The summed E-state index contributed by atoms with van der Waals surface area (Å²) in [4.78, 5) is 10.3. The third-order valence-electron chi connectivity index (χ3n) is 1.78. The van der Waals surface area contributed by atoms with Crippen molar-refractivity contribution >= 4 is 18.5 Å². The van der Waals surface area contributed by atoms with E-state index in [0.717, 1.165) is 5.56 Å². The van der Waals surface area contributed by atoms with Gasteiger partial charge in [-0.25, -0.2) is 4.79 Å². The molecule has 1 atom stereocenters. The summed E-state index contributed by atoms with van der Waals surface area (Å²) in [5.41, 5.74) is 11.7. The third-order valence-corrected chi connectivity index (χ3v) is 1.78. The highest BCUT2D eigenvalue weighted by Crippen LogP contribution is 2.01. The van der Waals surface area contributed by atoms with Gasteiger partial charge < -0.3 is 16.2 Å². The molecular weight excluding hydrogens is 216 g/mol. The Balaban J connectivity index is 0.00000196. The zero-order valence-corrected chi connectivity index (χ0v) is 9.07. The normalized spacial score (nSPS) is 11.3. The molecule has 0 spiro atoms. The largest absolute Gasteiger partial charge is 0.448 e. The molecule has 1 aromatic carbocycles. The van der Waals surface area contributed by atoms with Gasteiger partial charge in [-0.3, -0.25) is 0 Å². The first-order valence-corrected chi connectivity index (χ1v) is 4.40. The van der Waals surface area contributed by atoms with Crippen LogP contribution in [0.1, 0.15) is 5.56 Å². The fourth-order valence-corrected chi connectivity index (χ4v) is 1.16. The molecule has 0 aliphatic heterocycles. The molecule has 0 aliphatic carbocycles. The topological polar surface area (TPSA) is 78.3 Å². The van der Waals surface area contributed by atoms with Gasteiger partial charge in [0, 0.05) is 6.04 Å². The number of amides is 1. The lowest BCUT2D eigenvalue weighted by Gasteiger charge is -2.10. The van der Waals surface area contributed by atoms with Crippen molar-refractivity contribution in [1.29, 1.82) is 0 Å². The third kappa shape index (κ3) is 5.93. The molecule has 5 heteroatoms. The standard InChI is InChI=1S/C10H14N2O2.ClH/c11-9(7-14-10(12)13)6-8-4-2-1-3-5-8;/h1-5,9H,6-7,11H2,(H2,12,13);1H/t9-;/m0./s1. The molecule has 84 valence electrons. The maximum Gasteiger partial charge on any atom is 0.404 e. The number of hydrogen-bond donors (Lipinski definition) is 2. The average Bonchev–Trinajstić information content (AvgIpc) is 2.16. The van der Waals surface area contributed by atoms with Crippen LogP contribution in [0.25, 0.3) is 0 Å². The van der Waals surface area contributed by atoms with Gasteiger partial charge >= 0.3 is 6.09 Å². The van der Waals surface area contributed by atoms with Crippen molar-refractivity contribution in [2.45, 2.75) is 12.5 Å². The first-order chi connectivity index (χ1) is 6.68. The van der Waals surface area contributed by atoms with Crippen LogP contribution in [-0.2, 0) is 11.2 Å². The number of hydrogen-bond acceptors (Lipinski definition) is 3. The summed E-state index contributed by atoms with van der Waals surface area (Å²) in [7, 11) is 0. The SMILES string of the molecule is Cl.NC(=O)OC[C@@H](N)Cc1ccccc1. The molecule has 0 saturated heterocycles. The van der Waals surface area contributed by atoms with Crippen molar-refractivity contribution in [2.75, 3.05) is 6.61 Å². The second-order valence-corrected chi connectivity index (χ2v) is 3.08. The Labute approximate surface area is 95.0 Å². The van der Waals surface area contributed by atoms with Crippen LogP contribution in [-0.4, -0.2) is 18.7 Å². The van der Waals surface area contributed by atoms with E-state index in [4.69, 9.17) is 11.5 Å². The second-order valence-electron chi connectivity index (χ2n) is 3.08. The monoisotopic (exact) mass is 230 g/mol. The molecular formula is C10H15ClN2O2. The fourth-order valence-electron chi connectivity index (χ4n) is 1.16. The smallest absolute Gasteiger partial charge is 0.404 e. The van der Waals surface area contributed by atoms with Gasteiger partial charge in [-0.15, -0.1) is 12.4 Å². The highest BCUT2D eigenvalue weighted by atomic mass is 35.5. The molecule has 1 aromatic rings. The maximum atomic E-state index is 10.3. The number of halogens is 1. The lowest BCUT2D eigenvalue weighted by Crippen LogP contribution is -2.31. The molecule has 0 saturated carbocycles. The molecule has 15 heavy (non-hydrogen) atoms. The van der Waals surface area contributed by atoms with E-state index in [9.17, 15) is 4.79 Å². The number of benzene rings is 1. The Morgan fingerprint density at radius 2 is 1.93 bits per heavy atom. The van der Waals surface area contributed by atoms with Crippen LogP contribution in [0.4, 0.5) is 4.79 Å². The number of ether oxygens (including phenoxy) is 1. The Morgan fingerprint density at radius 3 is 2.47 bits per heavy atom. The number of nitrogens with two attached hydrogens (primary N) is 2. The Bertz CT molecular complexity index is 293. The minimum Gasteiger partial charge on any atom is -0.448 e. The van der Waals surface area contributed by atoms with E-state index >= 15 is 0 Å². The van der Waals surface area contributed by atoms with E-state index in [1.807, 2.05) is 30.3 Å². The lowest BCUT2D eigenvalue weighted by molar-refractivity contribution is 0.149. The highest BCUT2D eigenvalue weighted by Gasteiger charge is 2.05. The summed E-state index contributed by atoms with van der Waals surface area (Å²) in [6, 6.07) is 9.57. The van der Waals surface area contributed by atoms with Gasteiger partial charge in [0.25, 0.3) is 0 Å². The van der Waals surface area contributed by atoms with Crippen molar-refractivity contribution in [1.82, 2.24) is 0 Å². The van der Waals surface area contributed by atoms with Crippen molar-refractivity contribution in [3.63, 3.8) is 0 Å². The molecule has 0 fully saturated rings. The van der Waals surface area contributed by atoms with Gasteiger partial charge in [0.05, 0.1) is 0 Å². The highest BCUT2D eigenvalue weighted by molar-refractivity contribution is 5.85. The predicted molar refractivity (Wildman–Crippen MR) is 60.9 cm³/mol. The maximum absolute atomic E-state index is 10.3. The average molecular weight is 231 g/mol. The molecule has 1 amide bonds. The van der Waals surface area contributed by atoms with Gasteiger partial charge in [0.15, 0.2) is 0 Å². The molecule has 4 nitrogen and oxygen atoms in total. The Kier molecular flexibility index (Phi) is 6.49. The van der Waals surface area contributed by atoms with Crippen molar-refractivity contribution in [3.05, 3.63) is 35.9 Å². The van der Waals surface area contributed by atoms with Crippen LogP contribution in [0.2, 0.25) is 0 Å². The number of rotatable bonds is 4. The first kappa shape index (κ1) is 13.7. The van der Waals surface area contributed by atoms with E-state index < -0.39 is 6.09 Å². The summed E-state index contributed by atoms with van der Waals surface area (Å²) in [6.45, 7) is 0.157. The molecule has 0 unspecified atom stereocenters. The van der Waals surface area contributed by atoms with Crippen LogP contribution >= 0.6 is 12.4 Å². The summed E-state index contributed by atoms with van der Waals surface area (Å²) in [6.07, 6.45) is -0.109. The van der Waals surface area contributed by atoms with Crippen LogP contribution in [0, 0.1) is 0 Å². The number of carbonyl (C=O) groups excluding carboxylic acids is 1. The van der Waals surface area contributed by atoms with Gasteiger partial charge in [-0.2, -0.15) is 0 Å². The molecule has 0 aliphatic rings. The summed E-state index contributed by atoms with van der Waals surface area (Å²) in [5.74, 6) is 0. The Morgan fingerprint density at radius 1 is 1.33 bits per heavy atom. The van der Waals surface area contributed by atoms with E-state index in [1.54, 1.807) is 0 Å². The summed E-state index contributed by atoms with van der Waals surface area (Å²) < 4.78 is 4.59. The number of carbonyl (C=O) groups is 1. The summed E-state index contributed by atoms with van der Waals surface area (Å²) in [5, 5.41) is 0.